The Morgan fingerprint density at radius 2 is 1.60 bits per heavy atom. The molecule has 0 amide bonds. The Bertz CT molecular complexity index is 1350. The van der Waals surface area contributed by atoms with Gasteiger partial charge >= 0.3 is 0 Å². The summed E-state index contributed by atoms with van der Waals surface area (Å²) in [6.07, 6.45) is -7.10. The zero-order valence-electron chi connectivity index (χ0n) is 29.5. The van der Waals surface area contributed by atoms with E-state index in [1.54, 1.807) is 27.7 Å². The number of hydrogen-bond acceptors (Lipinski definition) is 12. The molecule has 4 aliphatic carbocycles. The number of hydrogen-bond donors (Lipinski definition) is 7. The molecule has 14 atom stereocenters. The Kier molecular flexibility index (Phi) is 9.40. The average molecular weight is 681 g/mol. The minimum atomic E-state index is -1.95. The molecule has 12 nitrogen and oxygen atoms in total. The molecule has 7 N–H and O–H groups in total. The minimum absolute atomic E-state index is 0.0104. The van der Waals surface area contributed by atoms with Crippen molar-refractivity contribution in [3.05, 3.63) is 11.6 Å². The molecule has 4 fully saturated rings. The Labute approximate surface area is 282 Å². The van der Waals surface area contributed by atoms with Crippen LogP contribution in [-0.4, -0.2) is 114 Å². The Morgan fingerprint density at radius 1 is 0.979 bits per heavy atom. The summed E-state index contributed by atoms with van der Waals surface area (Å²) in [7, 11) is 0. The number of aliphatic hydroxyl groups is 7. The monoisotopic (exact) mass is 680 g/mol. The predicted octanol–water partition coefficient (Wildman–Crippen LogP) is 0.977. The van der Waals surface area contributed by atoms with Crippen molar-refractivity contribution in [3.63, 3.8) is 0 Å². The number of carbonyl (C=O) groups excluding carboxylic acids is 3. The Balaban J connectivity index is 1.49. The highest BCUT2D eigenvalue weighted by molar-refractivity contribution is 5.95. The van der Waals surface area contributed by atoms with E-state index in [9.17, 15) is 50.1 Å². The largest absolute Gasteiger partial charge is 0.394 e. The molecule has 5 aliphatic rings. The van der Waals surface area contributed by atoms with Gasteiger partial charge in [-0.3, -0.25) is 14.4 Å². The fraction of sp³-hybridized carbons (Fsp3) is 0.861. The van der Waals surface area contributed by atoms with Gasteiger partial charge in [-0.25, -0.2) is 0 Å². The maximum absolute atomic E-state index is 14.7. The summed E-state index contributed by atoms with van der Waals surface area (Å²) in [6.45, 7) is 13.3. The molecule has 272 valence electrons. The average Bonchev–Trinajstić information content (AvgIpc) is 3.19. The topological polar surface area (TPSA) is 211 Å². The molecule has 0 aromatic carbocycles. The maximum Gasteiger partial charge on any atom is 0.187 e. The second-order valence-corrected chi connectivity index (χ2v) is 17.4. The molecule has 1 saturated heterocycles. The van der Waals surface area contributed by atoms with Gasteiger partial charge in [0.15, 0.2) is 17.9 Å². The first-order valence-electron chi connectivity index (χ1n) is 17.3. The smallest absolute Gasteiger partial charge is 0.187 e. The normalized spacial score (nSPS) is 47.0. The summed E-state index contributed by atoms with van der Waals surface area (Å²) in [5.74, 6) is -2.62. The third-order valence-electron chi connectivity index (χ3n) is 13.7. The van der Waals surface area contributed by atoms with Crippen LogP contribution in [0.1, 0.15) is 93.9 Å². The molecule has 0 aromatic heterocycles. The van der Waals surface area contributed by atoms with Crippen molar-refractivity contribution in [1.29, 1.82) is 0 Å². The number of allylic oxidation sites excluding steroid dienone is 2. The lowest BCUT2D eigenvalue weighted by Crippen LogP contribution is -2.66. The highest BCUT2D eigenvalue weighted by Gasteiger charge is 2.74. The Hall–Kier alpha value is -1.61. The summed E-state index contributed by atoms with van der Waals surface area (Å²) in [4.78, 5) is 42.2. The summed E-state index contributed by atoms with van der Waals surface area (Å²) in [5.41, 5.74) is -6.01. The van der Waals surface area contributed by atoms with E-state index in [0.29, 0.717) is 6.42 Å². The molecule has 0 bridgehead atoms. The molecule has 3 saturated carbocycles. The summed E-state index contributed by atoms with van der Waals surface area (Å²) >= 11 is 0. The standard InChI is InChI=1S/C36H56O12/c1-31(2,45)12-11-23(39)36(8,46)28-19(38)14-33(5)22-10-9-17-18(35(22,7)24(40)15-34(28,33)6)13-20(29(44)32(17,3)4)47-30-27(43)26(42)25(41)21(16-37)48-30/h9,18-22,25-28,30,37-38,41-43,45-46H,10-16H2,1-8H3. The van der Waals surface area contributed by atoms with Crippen molar-refractivity contribution in [1.82, 2.24) is 0 Å². The van der Waals surface area contributed by atoms with Gasteiger partial charge in [-0.05, 0) is 83.0 Å². The van der Waals surface area contributed by atoms with Crippen molar-refractivity contribution < 1.29 is 59.6 Å². The number of fused-ring (bicyclic) bond motifs is 5. The second-order valence-electron chi connectivity index (χ2n) is 17.4. The van der Waals surface area contributed by atoms with E-state index < -0.39 is 100 Å². The summed E-state index contributed by atoms with van der Waals surface area (Å²) in [5, 5.41) is 74.6. The number of rotatable bonds is 8. The van der Waals surface area contributed by atoms with Gasteiger partial charge in [0.1, 0.15) is 41.9 Å². The summed E-state index contributed by atoms with van der Waals surface area (Å²) in [6, 6.07) is 0. The lowest BCUT2D eigenvalue weighted by molar-refractivity contribution is -0.311. The first kappa shape index (κ1) is 37.6. The molecule has 12 heteroatoms. The second kappa shape index (κ2) is 12.0. The van der Waals surface area contributed by atoms with Crippen LogP contribution in [0.2, 0.25) is 0 Å². The molecule has 0 radical (unpaired) electrons. The highest BCUT2D eigenvalue weighted by Crippen LogP contribution is 2.74. The number of carbonyl (C=O) groups is 3. The first-order chi connectivity index (χ1) is 21.9. The molecule has 14 unspecified atom stereocenters. The van der Waals surface area contributed by atoms with E-state index in [2.05, 4.69) is 0 Å². The third kappa shape index (κ3) is 5.40. The fourth-order valence-electron chi connectivity index (χ4n) is 10.7. The Morgan fingerprint density at radius 3 is 2.19 bits per heavy atom. The van der Waals surface area contributed by atoms with Gasteiger partial charge in [0, 0.05) is 29.6 Å². The highest BCUT2D eigenvalue weighted by atomic mass is 16.7. The van der Waals surface area contributed by atoms with Gasteiger partial charge in [-0.15, -0.1) is 0 Å². The van der Waals surface area contributed by atoms with Gasteiger partial charge in [-0.1, -0.05) is 32.4 Å². The molecule has 0 aromatic rings. The molecule has 1 aliphatic heterocycles. The third-order valence-corrected chi connectivity index (χ3v) is 13.7. The van der Waals surface area contributed by atoms with E-state index in [1.165, 1.54) is 6.92 Å². The number of Topliss-reactive ketones (excluding diaryl/α,β-unsaturated/α-hetero) is 3. The van der Waals surface area contributed by atoms with Crippen molar-refractivity contribution in [2.45, 2.75) is 148 Å². The van der Waals surface area contributed by atoms with Gasteiger partial charge in [0.2, 0.25) is 0 Å². The summed E-state index contributed by atoms with van der Waals surface area (Å²) < 4.78 is 11.6. The maximum atomic E-state index is 14.7. The SMILES string of the molecule is CC(C)(O)CCC(=O)C(C)(O)C1C(O)CC2(C)C3CC=C4C(CC(OC5OC(CO)C(O)C(O)C5O)C(=O)C4(C)C)C3(C)C(=O)CC12C. The van der Waals surface area contributed by atoms with Crippen LogP contribution in [0.3, 0.4) is 0 Å². The van der Waals surface area contributed by atoms with Crippen molar-refractivity contribution in [3.8, 4) is 0 Å². The van der Waals surface area contributed by atoms with Gasteiger partial charge in [-0.2, -0.15) is 0 Å². The van der Waals surface area contributed by atoms with Crippen LogP contribution in [-0.2, 0) is 23.9 Å². The zero-order chi connectivity index (χ0) is 36.2. The van der Waals surface area contributed by atoms with E-state index in [4.69, 9.17) is 9.47 Å². The van der Waals surface area contributed by atoms with Crippen LogP contribution in [0.15, 0.2) is 11.6 Å². The molecule has 48 heavy (non-hydrogen) atoms. The number of ether oxygens (including phenoxy) is 2. The van der Waals surface area contributed by atoms with Gasteiger partial charge in [0.25, 0.3) is 0 Å². The quantitative estimate of drug-likeness (QED) is 0.179. The molecule has 5 rings (SSSR count). The number of ketones is 3. The van der Waals surface area contributed by atoms with Crippen molar-refractivity contribution >= 4 is 17.3 Å². The minimum Gasteiger partial charge on any atom is -0.394 e. The first-order valence-corrected chi connectivity index (χ1v) is 17.3. The van der Waals surface area contributed by atoms with E-state index >= 15 is 0 Å². The molecule has 0 spiro atoms. The molecule has 1 heterocycles. The van der Waals surface area contributed by atoms with Crippen molar-refractivity contribution in [2.24, 2.45) is 39.4 Å². The molecular formula is C36H56O12. The van der Waals surface area contributed by atoms with Crippen LogP contribution in [0.5, 0.6) is 0 Å². The lowest BCUT2D eigenvalue weighted by atomic mass is 9.38. The van der Waals surface area contributed by atoms with E-state index in [-0.39, 0.29) is 49.6 Å². The van der Waals surface area contributed by atoms with Crippen molar-refractivity contribution in [2.75, 3.05) is 6.61 Å². The number of aliphatic hydroxyl groups excluding tert-OH is 5. The van der Waals surface area contributed by atoms with E-state index in [0.717, 1.165) is 5.57 Å². The lowest BCUT2D eigenvalue weighted by Gasteiger charge is -2.64. The predicted molar refractivity (Wildman–Crippen MR) is 171 cm³/mol. The molecular weight excluding hydrogens is 624 g/mol. The van der Waals surface area contributed by atoms with Crippen LogP contribution < -0.4 is 0 Å². The van der Waals surface area contributed by atoms with Crippen LogP contribution in [0.4, 0.5) is 0 Å². The van der Waals surface area contributed by atoms with Crippen LogP contribution >= 0.6 is 0 Å². The van der Waals surface area contributed by atoms with Crippen LogP contribution in [0.25, 0.3) is 0 Å². The van der Waals surface area contributed by atoms with Gasteiger partial charge in [0.05, 0.1) is 18.3 Å². The fourth-order valence-corrected chi connectivity index (χ4v) is 10.7. The van der Waals surface area contributed by atoms with E-state index in [1.807, 2.05) is 26.8 Å². The van der Waals surface area contributed by atoms with Gasteiger partial charge < -0.3 is 45.2 Å². The zero-order valence-corrected chi connectivity index (χ0v) is 29.5. The van der Waals surface area contributed by atoms with Crippen LogP contribution in [0, 0.1) is 39.4 Å².